The zero-order valence-corrected chi connectivity index (χ0v) is 10.8. The van der Waals surface area contributed by atoms with Crippen molar-refractivity contribution in [2.75, 3.05) is 18.6 Å². The van der Waals surface area contributed by atoms with Gasteiger partial charge in [-0.05, 0) is 32.6 Å². The SMILES string of the molecule is CC1(C(CCCS(C)(=O)=O)NN)CCCO1. The molecule has 2 atom stereocenters. The topological polar surface area (TPSA) is 81.4 Å². The van der Waals surface area contributed by atoms with Crippen LogP contribution >= 0.6 is 0 Å². The van der Waals surface area contributed by atoms with Crippen LogP contribution in [0.2, 0.25) is 0 Å². The highest BCUT2D eigenvalue weighted by atomic mass is 32.2. The minimum atomic E-state index is -2.88. The van der Waals surface area contributed by atoms with E-state index in [2.05, 4.69) is 5.43 Å². The Morgan fingerprint density at radius 3 is 2.69 bits per heavy atom. The summed E-state index contributed by atoms with van der Waals surface area (Å²) < 4.78 is 27.7. The van der Waals surface area contributed by atoms with Crippen molar-refractivity contribution in [2.24, 2.45) is 5.84 Å². The van der Waals surface area contributed by atoms with Crippen LogP contribution in [0.3, 0.4) is 0 Å². The number of nitrogens with two attached hydrogens (primary N) is 1. The Labute approximate surface area is 97.6 Å². The average molecular weight is 250 g/mol. The second kappa shape index (κ2) is 5.44. The van der Waals surface area contributed by atoms with E-state index in [1.54, 1.807) is 0 Å². The number of ether oxygens (including phenoxy) is 1. The smallest absolute Gasteiger partial charge is 0.147 e. The molecular weight excluding hydrogens is 228 g/mol. The zero-order chi connectivity index (χ0) is 12.2. The second-order valence-corrected chi connectivity index (χ2v) is 7.02. The number of rotatable bonds is 6. The van der Waals surface area contributed by atoms with Crippen molar-refractivity contribution in [1.82, 2.24) is 5.43 Å². The van der Waals surface area contributed by atoms with Crippen LogP contribution in [-0.4, -0.2) is 38.7 Å². The highest BCUT2D eigenvalue weighted by molar-refractivity contribution is 7.90. The molecule has 0 aromatic rings. The number of hydrazine groups is 1. The molecule has 1 saturated heterocycles. The summed E-state index contributed by atoms with van der Waals surface area (Å²) in [7, 11) is -2.88. The van der Waals surface area contributed by atoms with E-state index >= 15 is 0 Å². The van der Waals surface area contributed by atoms with Crippen LogP contribution in [0.4, 0.5) is 0 Å². The molecule has 1 heterocycles. The highest BCUT2D eigenvalue weighted by Crippen LogP contribution is 2.30. The van der Waals surface area contributed by atoms with Gasteiger partial charge in [-0.25, -0.2) is 8.42 Å². The minimum Gasteiger partial charge on any atom is -0.374 e. The van der Waals surface area contributed by atoms with Gasteiger partial charge < -0.3 is 4.74 Å². The molecule has 1 fully saturated rings. The molecule has 0 saturated carbocycles. The third-order valence-electron chi connectivity index (χ3n) is 3.20. The highest BCUT2D eigenvalue weighted by Gasteiger charge is 2.37. The summed E-state index contributed by atoms with van der Waals surface area (Å²) in [4.78, 5) is 0. The van der Waals surface area contributed by atoms with Crippen molar-refractivity contribution < 1.29 is 13.2 Å². The van der Waals surface area contributed by atoms with Crippen LogP contribution in [0.5, 0.6) is 0 Å². The van der Waals surface area contributed by atoms with Gasteiger partial charge in [0.2, 0.25) is 0 Å². The molecule has 1 rings (SSSR count). The van der Waals surface area contributed by atoms with Crippen molar-refractivity contribution in [1.29, 1.82) is 0 Å². The Balaban J connectivity index is 2.43. The zero-order valence-electron chi connectivity index (χ0n) is 10.0. The van der Waals surface area contributed by atoms with E-state index in [9.17, 15) is 8.42 Å². The molecule has 0 spiro atoms. The van der Waals surface area contributed by atoms with Gasteiger partial charge in [0, 0.05) is 24.7 Å². The summed E-state index contributed by atoms with van der Waals surface area (Å²) in [5.41, 5.74) is 2.51. The monoisotopic (exact) mass is 250 g/mol. The first-order chi connectivity index (χ1) is 7.37. The number of hydrogen-bond acceptors (Lipinski definition) is 5. The molecule has 16 heavy (non-hydrogen) atoms. The van der Waals surface area contributed by atoms with Crippen molar-refractivity contribution in [2.45, 2.75) is 44.2 Å². The molecule has 2 unspecified atom stereocenters. The molecule has 1 aliphatic rings. The molecule has 96 valence electrons. The predicted molar refractivity (Wildman–Crippen MR) is 63.6 cm³/mol. The van der Waals surface area contributed by atoms with Gasteiger partial charge >= 0.3 is 0 Å². The normalized spacial score (nSPS) is 28.2. The maximum atomic E-state index is 11.0. The third-order valence-corrected chi connectivity index (χ3v) is 4.23. The van der Waals surface area contributed by atoms with Gasteiger partial charge in [0.15, 0.2) is 0 Å². The van der Waals surface area contributed by atoms with E-state index in [-0.39, 0.29) is 17.4 Å². The summed E-state index contributed by atoms with van der Waals surface area (Å²) in [5.74, 6) is 5.72. The Morgan fingerprint density at radius 2 is 2.25 bits per heavy atom. The standard InChI is InChI=1S/C10H22N2O3S/c1-10(6-4-7-15-10)9(12-11)5-3-8-16(2,13)14/h9,12H,3-8,11H2,1-2H3. The molecule has 0 bridgehead atoms. The fourth-order valence-corrected chi connectivity index (χ4v) is 2.88. The maximum Gasteiger partial charge on any atom is 0.147 e. The van der Waals surface area contributed by atoms with Crippen molar-refractivity contribution in [3.8, 4) is 0 Å². The van der Waals surface area contributed by atoms with Gasteiger partial charge in [-0.2, -0.15) is 0 Å². The summed E-state index contributed by atoms with van der Waals surface area (Å²) >= 11 is 0. The van der Waals surface area contributed by atoms with E-state index in [0.717, 1.165) is 25.9 Å². The van der Waals surface area contributed by atoms with E-state index in [1.165, 1.54) is 6.26 Å². The molecule has 0 aromatic heterocycles. The maximum absolute atomic E-state index is 11.0. The van der Waals surface area contributed by atoms with Crippen molar-refractivity contribution >= 4 is 9.84 Å². The molecule has 0 aromatic carbocycles. The molecule has 6 heteroatoms. The van der Waals surface area contributed by atoms with Crippen LogP contribution in [0.15, 0.2) is 0 Å². The lowest BCUT2D eigenvalue weighted by molar-refractivity contribution is -0.0140. The number of nitrogens with one attached hydrogen (secondary N) is 1. The second-order valence-electron chi connectivity index (χ2n) is 4.76. The quantitative estimate of drug-likeness (QED) is 0.520. The fourth-order valence-electron chi connectivity index (χ4n) is 2.19. The molecule has 0 amide bonds. The molecule has 0 radical (unpaired) electrons. The predicted octanol–water partition coefficient (Wildman–Crippen LogP) is 0.212. The summed E-state index contributed by atoms with van der Waals surface area (Å²) in [6.07, 6.45) is 4.61. The summed E-state index contributed by atoms with van der Waals surface area (Å²) in [6.45, 7) is 2.80. The average Bonchev–Trinajstić information content (AvgIpc) is 2.59. The Kier molecular flexibility index (Phi) is 4.73. The molecule has 3 N–H and O–H groups in total. The van der Waals surface area contributed by atoms with Crippen LogP contribution in [0.25, 0.3) is 0 Å². The van der Waals surface area contributed by atoms with Gasteiger partial charge in [-0.15, -0.1) is 0 Å². The van der Waals surface area contributed by atoms with Gasteiger partial charge in [0.25, 0.3) is 0 Å². The molecule has 5 nitrogen and oxygen atoms in total. The minimum absolute atomic E-state index is 0.0248. The first-order valence-corrected chi connectivity index (χ1v) is 7.71. The Bertz CT molecular complexity index is 310. The van der Waals surface area contributed by atoms with Crippen LogP contribution < -0.4 is 11.3 Å². The van der Waals surface area contributed by atoms with Crippen LogP contribution in [0, 0.1) is 0 Å². The Morgan fingerprint density at radius 1 is 1.56 bits per heavy atom. The fraction of sp³-hybridized carbons (Fsp3) is 1.00. The van der Waals surface area contributed by atoms with Gasteiger partial charge in [0.1, 0.15) is 9.84 Å². The molecular formula is C10H22N2O3S. The lowest BCUT2D eigenvalue weighted by Gasteiger charge is -2.32. The molecule has 0 aliphatic carbocycles. The molecule has 1 aliphatic heterocycles. The number of hydrogen-bond donors (Lipinski definition) is 2. The first kappa shape index (κ1) is 13.9. The lowest BCUT2D eigenvalue weighted by atomic mass is 9.90. The Hall–Kier alpha value is -0.170. The van der Waals surface area contributed by atoms with Gasteiger partial charge in [0.05, 0.1) is 5.60 Å². The van der Waals surface area contributed by atoms with Crippen molar-refractivity contribution in [3.63, 3.8) is 0 Å². The van der Waals surface area contributed by atoms with E-state index in [0.29, 0.717) is 6.42 Å². The lowest BCUT2D eigenvalue weighted by Crippen LogP contribution is -2.51. The van der Waals surface area contributed by atoms with Crippen molar-refractivity contribution in [3.05, 3.63) is 0 Å². The van der Waals surface area contributed by atoms with Crippen LogP contribution in [0.1, 0.15) is 32.6 Å². The summed E-state index contributed by atoms with van der Waals surface area (Å²) in [5, 5.41) is 0. The van der Waals surface area contributed by atoms with Gasteiger partial charge in [-0.3, -0.25) is 11.3 Å². The van der Waals surface area contributed by atoms with E-state index in [1.807, 2.05) is 6.92 Å². The number of sulfone groups is 1. The third kappa shape index (κ3) is 4.01. The largest absolute Gasteiger partial charge is 0.374 e. The summed E-state index contributed by atoms with van der Waals surface area (Å²) in [6, 6.07) is 0.0248. The van der Waals surface area contributed by atoms with Gasteiger partial charge in [-0.1, -0.05) is 0 Å². The van der Waals surface area contributed by atoms with E-state index < -0.39 is 9.84 Å². The first-order valence-electron chi connectivity index (χ1n) is 5.65. The van der Waals surface area contributed by atoms with E-state index in [4.69, 9.17) is 10.6 Å². The van der Waals surface area contributed by atoms with Crippen LogP contribution in [-0.2, 0) is 14.6 Å².